The number of allylic oxidation sites excluding steroid dienone is 1. The monoisotopic (exact) mass is 330 g/mol. The van der Waals surface area contributed by atoms with Crippen molar-refractivity contribution in [3.8, 4) is 22.6 Å². The fourth-order valence-corrected chi connectivity index (χ4v) is 2.98. The molecular weight excluding hydrogens is 308 g/mol. The molecule has 126 valence electrons. The van der Waals surface area contributed by atoms with E-state index < -0.39 is 0 Å². The summed E-state index contributed by atoms with van der Waals surface area (Å²) in [5, 5.41) is 0. The lowest BCUT2D eigenvalue weighted by Crippen LogP contribution is -1.93. The summed E-state index contributed by atoms with van der Waals surface area (Å²) >= 11 is 0. The Morgan fingerprint density at radius 1 is 0.680 bits per heavy atom. The number of benzene rings is 3. The van der Waals surface area contributed by atoms with E-state index in [1.165, 1.54) is 22.3 Å². The molecule has 0 amide bonds. The fourth-order valence-electron chi connectivity index (χ4n) is 2.98. The van der Waals surface area contributed by atoms with Gasteiger partial charge in [0.05, 0.1) is 14.2 Å². The zero-order valence-corrected chi connectivity index (χ0v) is 14.8. The van der Waals surface area contributed by atoms with Gasteiger partial charge in [0.2, 0.25) is 0 Å². The summed E-state index contributed by atoms with van der Waals surface area (Å²) < 4.78 is 10.8. The van der Waals surface area contributed by atoms with Gasteiger partial charge in [0.1, 0.15) is 0 Å². The summed E-state index contributed by atoms with van der Waals surface area (Å²) in [6.07, 6.45) is 2.12. The van der Waals surface area contributed by atoms with E-state index in [4.69, 9.17) is 9.47 Å². The number of methoxy groups -OCH3 is 2. The highest BCUT2D eigenvalue weighted by Gasteiger charge is 2.09. The average Bonchev–Trinajstić information content (AvgIpc) is 2.69. The molecule has 0 saturated carbocycles. The summed E-state index contributed by atoms with van der Waals surface area (Å²) in [5.41, 5.74) is 5.89. The Kier molecular flexibility index (Phi) is 5.20. The molecule has 0 fully saturated rings. The van der Waals surface area contributed by atoms with Crippen LogP contribution in [0.5, 0.6) is 11.5 Å². The van der Waals surface area contributed by atoms with E-state index in [2.05, 4.69) is 67.6 Å². The van der Waals surface area contributed by atoms with Crippen molar-refractivity contribution in [3.05, 3.63) is 90.0 Å². The van der Waals surface area contributed by atoms with Crippen LogP contribution in [-0.2, 0) is 0 Å². The maximum absolute atomic E-state index is 5.43. The molecule has 2 heteroatoms. The predicted molar refractivity (Wildman–Crippen MR) is 104 cm³/mol. The van der Waals surface area contributed by atoms with Crippen molar-refractivity contribution in [1.82, 2.24) is 0 Å². The molecule has 0 aliphatic heterocycles. The van der Waals surface area contributed by atoms with Gasteiger partial charge >= 0.3 is 0 Å². The Balaban J connectivity index is 1.94. The van der Waals surface area contributed by atoms with Gasteiger partial charge in [-0.05, 0) is 46.9 Å². The number of hydrogen-bond donors (Lipinski definition) is 0. The van der Waals surface area contributed by atoms with Crippen molar-refractivity contribution in [2.24, 2.45) is 0 Å². The minimum atomic E-state index is 0.736. The molecule has 3 aromatic rings. The molecule has 2 nitrogen and oxygen atoms in total. The normalized spacial score (nSPS) is 11.2. The Morgan fingerprint density at radius 2 is 1.28 bits per heavy atom. The van der Waals surface area contributed by atoms with Crippen LogP contribution in [-0.4, -0.2) is 14.2 Å². The molecule has 0 radical (unpaired) electrons. The molecule has 0 aromatic heterocycles. The molecule has 25 heavy (non-hydrogen) atoms. The third kappa shape index (κ3) is 3.58. The van der Waals surface area contributed by atoms with Crippen LogP contribution in [0.1, 0.15) is 18.1 Å². The van der Waals surface area contributed by atoms with Crippen molar-refractivity contribution >= 4 is 5.57 Å². The lowest BCUT2D eigenvalue weighted by molar-refractivity contribution is 0.355. The first-order valence-electron chi connectivity index (χ1n) is 8.31. The van der Waals surface area contributed by atoms with Gasteiger partial charge in [-0.2, -0.15) is 0 Å². The summed E-state index contributed by atoms with van der Waals surface area (Å²) in [6.45, 7) is 2.05. The molecule has 3 aromatic carbocycles. The predicted octanol–water partition coefficient (Wildman–Crippen LogP) is 5.82. The van der Waals surface area contributed by atoms with E-state index >= 15 is 0 Å². The Morgan fingerprint density at radius 3 is 1.88 bits per heavy atom. The molecule has 0 saturated heterocycles. The van der Waals surface area contributed by atoms with Crippen LogP contribution in [0.2, 0.25) is 0 Å². The largest absolute Gasteiger partial charge is 0.493 e. The summed E-state index contributed by atoms with van der Waals surface area (Å²) in [6, 6.07) is 25.1. The van der Waals surface area contributed by atoms with Gasteiger partial charge in [-0.1, -0.05) is 66.7 Å². The van der Waals surface area contributed by atoms with Gasteiger partial charge in [0.15, 0.2) is 11.5 Å². The van der Waals surface area contributed by atoms with E-state index in [-0.39, 0.29) is 0 Å². The Bertz CT molecular complexity index is 862. The van der Waals surface area contributed by atoms with Gasteiger partial charge in [-0.3, -0.25) is 0 Å². The molecular formula is C23H22O2. The Labute approximate surface area is 149 Å². The first kappa shape index (κ1) is 16.8. The fraction of sp³-hybridized carbons (Fsp3) is 0.130. The second-order valence-electron chi connectivity index (χ2n) is 5.72. The van der Waals surface area contributed by atoms with Gasteiger partial charge in [-0.25, -0.2) is 0 Å². The highest BCUT2D eigenvalue weighted by molar-refractivity contribution is 5.81. The second-order valence-corrected chi connectivity index (χ2v) is 5.72. The molecule has 0 spiro atoms. The standard InChI is InChI=1S/C23H22O2/c1-4-21(20-14-15-22(24-2)23(16-20)25-3)19-12-10-18(11-13-19)17-8-6-5-7-9-17/h4-16H,1-3H3/b21-4+. The third-order valence-electron chi connectivity index (χ3n) is 4.29. The lowest BCUT2D eigenvalue weighted by Gasteiger charge is -2.13. The van der Waals surface area contributed by atoms with Crippen LogP contribution in [0.4, 0.5) is 0 Å². The van der Waals surface area contributed by atoms with Gasteiger partial charge in [0, 0.05) is 0 Å². The molecule has 0 N–H and O–H groups in total. The molecule has 0 bridgehead atoms. The first-order valence-corrected chi connectivity index (χ1v) is 8.31. The van der Waals surface area contributed by atoms with Gasteiger partial charge in [-0.15, -0.1) is 0 Å². The minimum absolute atomic E-state index is 0.736. The molecule has 3 rings (SSSR count). The van der Waals surface area contributed by atoms with Crippen LogP contribution >= 0.6 is 0 Å². The third-order valence-corrected chi connectivity index (χ3v) is 4.29. The zero-order chi connectivity index (χ0) is 17.6. The average molecular weight is 330 g/mol. The van der Waals surface area contributed by atoms with E-state index in [0.717, 1.165) is 17.1 Å². The Hall–Kier alpha value is -3.00. The van der Waals surface area contributed by atoms with Crippen LogP contribution < -0.4 is 9.47 Å². The van der Waals surface area contributed by atoms with E-state index in [1.807, 2.05) is 18.2 Å². The van der Waals surface area contributed by atoms with Crippen LogP contribution in [0.3, 0.4) is 0 Å². The number of ether oxygens (including phenoxy) is 2. The highest BCUT2D eigenvalue weighted by Crippen LogP contribution is 2.33. The van der Waals surface area contributed by atoms with Gasteiger partial charge < -0.3 is 9.47 Å². The number of rotatable bonds is 5. The van der Waals surface area contributed by atoms with E-state index in [0.29, 0.717) is 0 Å². The van der Waals surface area contributed by atoms with E-state index in [9.17, 15) is 0 Å². The molecule has 0 aliphatic rings. The SMILES string of the molecule is C/C=C(\c1ccc(-c2ccccc2)cc1)c1ccc(OC)c(OC)c1. The molecule has 0 atom stereocenters. The van der Waals surface area contributed by atoms with Crippen molar-refractivity contribution in [2.75, 3.05) is 14.2 Å². The zero-order valence-electron chi connectivity index (χ0n) is 14.8. The molecule has 0 unspecified atom stereocenters. The van der Waals surface area contributed by atoms with Crippen molar-refractivity contribution in [2.45, 2.75) is 6.92 Å². The smallest absolute Gasteiger partial charge is 0.161 e. The van der Waals surface area contributed by atoms with Crippen LogP contribution in [0, 0.1) is 0 Å². The summed E-state index contributed by atoms with van der Waals surface area (Å²) in [5.74, 6) is 1.47. The van der Waals surface area contributed by atoms with Crippen molar-refractivity contribution in [3.63, 3.8) is 0 Å². The quantitative estimate of drug-likeness (QED) is 0.586. The van der Waals surface area contributed by atoms with Crippen LogP contribution in [0.15, 0.2) is 78.9 Å². The molecule has 0 aliphatic carbocycles. The number of hydrogen-bond acceptors (Lipinski definition) is 2. The highest BCUT2D eigenvalue weighted by atomic mass is 16.5. The first-order chi connectivity index (χ1) is 12.3. The van der Waals surface area contributed by atoms with Crippen molar-refractivity contribution in [1.29, 1.82) is 0 Å². The van der Waals surface area contributed by atoms with Crippen LogP contribution in [0.25, 0.3) is 16.7 Å². The van der Waals surface area contributed by atoms with Crippen molar-refractivity contribution < 1.29 is 9.47 Å². The summed E-state index contributed by atoms with van der Waals surface area (Å²) in [4.78, 5) is 0. The summed E-state index contributed by atoms with van der Waals surface area (Å²) in [7, 11) is 3.31. The van der Waals surface area contributed by atoms with E-state index in [1.54, 1.807) is 14.2 Å². The van der Waals surface area contributed by atoms with Gasteiger partial charge in [0.25, 0.3) is 0 Å². The molecule has 0 heterocycles. The maximum atomic E-state index is 5.43. The minimum Gasteiger partial charge on any atom is -0.493 e. The lowest BCUT2D eigenvalue weighted by atomic mass is 9.95. The topological polar surface area (TPSA) is 18.5 Å². The second kappa shape index (κ2) is 7.71. The maximum Gasteiger partial charge on any atom is 0.161 e.